The van der Waals surface area contributed by atoms with E-state index in [0.717, 1.165) is 29.7 Å². The van der Waals surface area contributed by atoms with Crippen LogP contribution in [0.15, 0.2) is 65.6 Å². The molecule has 2 N–H and O–H groups in total. The second kappa shape index (κ2) is 11.9. The molecule has 2 aromatic carbocycles. The van der Waals surface area contributed by atoms with Crippen molar-refractivity contribution in [3.63, 3.8) is 0 Å². The largest absolute Gasteiger partial charge is 0.480 e. The summed E-state index contributed by atoms with van der Waals surface area (Å²) in [5.41, 5.74) is 2.77. The monoisotopic (exact) mass is 540 g/mol. The molecule has 0 unspecified atom stereocenters. The van der Waals surface area contributed by atoms with E-state index in [1.54, 1.807) is 42.5 Å². The van der Waals surface area contributed by atoms with E-state index in [2.05, 4.69) is 19.2 Å². The number of aliphatic carboxylic acids is 1. The minimum Gasteiger partial charge on any atom is -0.480 e. The number of ether oxygens (including phenoxy) is 1. The fourth-order valence-corrected chi connectivity index (χ4v) is 5.86. The van der Waals surface area contributed by atoms with Crippen LogP contribution < -0.4 is 10.1 Å². The van der Waals surface area contributed by atoms with Crippen LogP contribution in [0.4, 0.5) is 0 Å². The third-order valence-corrected chi connectivity index (χ3v) is 8.56. The van der Waals surface area contributed by atoms with E-state index in [1.165, 1.54) is 6.92 Å². The molecule has 3 rings (SSSR count). The molecule has 0 bridgehead atoms. The highest BCUT2D eigenvalue weighted by atomic mass is 32.2. The number of carbonyl (C=O) groups excluding carboxylic acids is 1. The number of nitrogens with one attached hydrogen (secondary N) is 1. The molecule has 0 aliphatic rings. The molecule has 204 valence electrons. The number of hydrogen-bond acceptors (Lipinski definition) is 5. The Balaban J connectivity index is 1.94. The predicted molar refractivity (Wildman–Crippen MR) is 146 cm³/mol. The molecule has 0 aliphatic carbocycles. The molecular weight excluding hydrogens is 504 g/mol. The minimum absolute atomic E-state index is 0.211. The zero-order chi connectivity index (χ0) is 28.1. The van der Waals surface area contributed by atoms with Crippen LogP contribution in [-0.2, 0) is 26.6 Å². The van der Waals surface area contributed by atoms with Gasteiger partial charge in [0.05, 0.1) is 4.90 Å². The molecule has 38 heavy (non-hydrogen) atoms. The number of aromatic nitrogens is 1. The lowest BCUT2D eigenvalue weighted by molar-refractivity contribution is -0.138. The molecule has 9 heteroatoms. The normalized spacial score (nSPS) is 12.7. The highest BCUT2D eigenvalue weighted by Crippen LogP contribution is 2.41. The number of benzene rings is 2. The van der Waals surface area contributed by atoms with Crippen molar-refractivity contribution in [2.45, 2.75) is 70.4 Å². The van der Waals surface area contributed by atoms with Crippen LogP contribution in [0.2, 0.25) is 0 Å². The summed E-state index contributed by atoms with van der Waals surface area (Å²) in [5, 5.41) is 11.7. The molecule has 0 aliphatic heterocycles. The van der Waals surface area contributed by atoms with Gasteiger partial charge in [0.2, 0.25) is 9.84 Å². The van der Waals surface area contributed by atoms with E-state index in [0.29, 0.717) is 18.0 Å². The van der Waals surface area contributed by atoms with Crippen molar-refractivity contribution in [3.8, 4) is 5.75 Å². The smallest absolute Gasteiger partial charge is 0.325 e. The Morgan fingerprint density at radius 3 is 2.24 bits per heavy atom. The number of hydrogen-bond donors (Lipinski definition) is 2. The molecule has 0 spiro atoms. The summed E-state index contributed by atoms with van der Waals surface area (Å²) in [7, 11) is -3.59. The Kier molecular flexibility index (Phi) is 9.04. The minimum atomic E-state index is -3.59. The number of amides is 1. The molecule has 0 fully saturated rings. The lowest BCUT2D eigenvalue weighted by Crippen LogP contribution is -2.39. The van der Waals surface area contributed by atoms with Gasteiger partial charge < -0.3 is 19.7 Å². The second-order valence-corrected chi connectivity index (χ2v) is 11.3. The lowest BCUT2D eigenvalue weighted by Gasteiger charge is -2.34. The number of sulfone groups is 1. The van der Waals surface area contributed by atoms with Crippen molar-refractivity contribution in [3.05, 3.63) is 83.2 Å². The quantitative estimate of drug-likeness (QED) is 0.336. The Hall–Kier alpha value is -3.59. The maximum absolute atomic E-state index is 12.9. The molecule has 0 radical (unpaired) electrons. The van der Waals surface area contributed by atoms with Gasteiger partial charge in [-0.25, -0.2) is 8.42 Å². The van der Waals surface area contributed by atoms with Crippen molar-refractivity contribution in [1.82, 2.24) is 9.88 Å². The molecular formula is C29H36N2O6S. The molecule has 1 aromatic heterocycles. The van der Waals surface area contributed by atoms with Crippen LogP contribution in [-0.4, -0.2) is 41.9 Å². The van der Waals surface area contributed by atoms with Crippen molar-refractivity contribution in [2.24, 2.45) is 0 Å². The van der Waals surface area contributed by atoms with E-state index in [1.807, 2.05) is 36.6 Å². The second-order valence-electron chi connectivity index (χ2n) is 9.34. The number of aryl methyl sites for hydroxylation is 1. The van der Waals surface area contributed by atoms with Gasteiger partial charge in [-0.2, -0.15) is 0 Å². The van der Waals surface area contributed by atoms with Crippen LogP contribution in [0, 0.1) is 6.92 Å². The topological polar surface area (TPSA) is 115 Å². The summed E-state index contributed by atoms with van der Waals surface area (Å²) in [6.45, 7) is 9.98. The van der Waals surface area contributed by atoms with Gasteiger partial charge in [-0.05, 0) is 75.1 Å². The summed E-state index contributed by atoms with van der Waals surface area (Å²) in [5.74, 6) is -1.51. The summed E-state index contributed by atoms with van der Waals surface area (Å²) in [4.78, 5) is 24.3. The van der Waals surface area contributed by atoms with Crippen LogP contribution in [0.3, 0.4) is 0 Å². The van der Waals surface area contributed by atoms with Crippen LogP contribution in [0.25, 0.3) is 0 Å². The van der Waals surface area contributed by atoms with Gasteiger partial charge in [0, 0.05) is 17.7 Å². The predicted octanol–water partition coefficient (Wildman–Crippen LogP) is 4.94. The first-order valence-corrected chi connectivity index (χ1v) is 14.4. The third-order valence-electron chi connectivity index (χ3n) is 7.14. The molecule has 0 saturated heterocycles. The van der Waals surface area contributed by atoms with Gasteiger partial charge in [-0.3, -0.25) is 9.59 Å². The van der Waals surface area contributed by atoms with Crippen molar-refractivity contribution < 1.29 is 27.9 Å². The van der Waals surface area contributed by atoms with Crippen LogP contribution in [0.5, 0.6) is 5.75 Å². The molecule has 3 aromatic rings. The average Bonchev–Trinajstić information content (AvgIpc) is 3.34. The number of carboxylic acids is 1. The fourth-order valence-electron chi connectivity index (χ4n) is 4.87. The van der Waals surface area contributed by atoms with Gasteiger partial charge in [-0.15, -0.1) is 0 Å². The standard InChI is InChI=1S/C29H36N2O6S/c1-6-29(7-2,26-17-15-24(31(26)8-3)27(32)30-21(5)28(33)34)22-14-16-25(20(4)18-22)37-19-38(35,36)23-12-10-9-11-13-23/h9-18,21H,6-8,19H2,1-5H3,(H,30,32)(H,33,34)/t21-/m1/s1. The Labute approximate surface area is 224 Å². The highest BCUT2D eigenvalue weighted by Gasteiger charge is 2.35. The Morgan fingerprint density at radius 2 is 1.68 bits per heavy atom. The first-order valence-electron chi connectivity index (χ1n) is 12.8. The highest BCUT2D eigenvalue weighted by molar-refractivity contribution is 7.91. The van der Waals surface area contributed by atoms with Crippen molar-refractivity contribution in [1.29, 1.82) is 0 Å². The first-order chi connectivity index (χ1) is 18.0. The van der Waals surface area contributed by atoms with Crippen molar-refractivity contribution >= 4 is 21.7 Å². The number of carbonyl (C=O) groups is 2. The fraction of sp³-hybridized carbons (Fsp3) is 0.379. The summed E-state index contributed by atoms with van der Waals surface area (Å²) in [6, 6.07) is 16.6. The number of nitrogens with zero attached hydrogens (tertiary/aromatic N) is 1. The van der Waals surface area contributed by atoms with Gasteiger partial charge in [0.15, 0.2) is 5.94 Å². The summed E-state index contributed by atoms with van der Waals surface area (Å²) < 4.78 is 33.0. The zero-order valence-electron chi connectivity index (χ0n) is 22.5. The third kappa shape index (κ3) is 5.78. The van der Waals surface area contributed by atoms with E-state index in [9.17, 15) is 23.1 Å². The van der Waals surface area contributed by atoms with Crippen molar-refractivity contribution in [2.75, 3.05) is 5.94 Å². The number of rotatable bonds is 12. The Bertz CT molecular complexity index is 1390. The molecule has 8 nitrogen and oxygen atoms in total. The number of carboxylic acid groups (broad SMARTS) is 1. The summed E-state index contributed by atoms with van der Waals surface area (Å²) >= 11 is 0. The zero-order valence-corrected chi connectivity index (χ0v) is 23.3. The maximum atomic E-state index is 12.9. The maximum Gasteiger partial charge on any atom is 0.325 e. The van der Waals surface area contributed by atoms with Gasteiger partial charge >= 0.3 is 5.97 Å². The SMILES string of the molecule is CCn1c(C(=O)N[C@H](C)C(=O)O)ccc1C(CC)(CC)c1ccc(OCS(=O)(=O)c2ccccc2)c(C)c1. The van der Waals surface area contributed by atoms with Gasteiger partial charge in [0.25, 0.3) is 5.91 Å². The average molecular weight is 541 g/mol. The first kappa shape index (κ1) is 29.0. The van der Waals surface area contributed by atoms with Gasteiger partial charge in [-0.1, -0.05) is 44.2 Å². The van der Waals surface area contributed by atoms with E-state index in [-0.39, 0.29) is 4.90 Å². The molecule has 1 amide bonds. The lowest BCUT2D eigenvalue weighted by atomic mass is 9.72. The van der Waals surface area contributed by atoms with Crippen LogP contribution >= 0.6 is 0 Å². The molecule has 1 heterocycles. The Morgan fingerprint density at radius 1 is 1.03 bits per heavy atom. The van der Waals surface area contributed by atoms with E-state index >= 15 is 0 Å². The van der Waals surface area contributed by atoms with E-state index < -0.39 is 39.1 Å². The van der Waals surface area contributed by atoms with E-state index in [4.69, 9.17) is 4.74 Å². The van der Waals surface area contributed by atoms with Gasteiger partial charge in [0.1, 0.15) is 17.5 Å². The van der Waals surface area contributed by atoms with Crippen LogP contribution in [0.1, 0.15) is 67.8 Å². The molecule has 1 atom stereocenters. The summed E-state index contributed by atoms with van der Waals surface area (Å²) in [6.07, 6.45) is 1.50. The molecule has 0 saturated carbocycles.